The molecule has 0 atom stereocenters. The summed E-state index contributed by atoms with van der Waals surface area (Å²) in [5, 5.41) is 11.9. The molecule has 1 aliphatic heterocycles. The molecule has 1 amide bonds. The van der Waals surface area contributed by atoms with Gasteiger partial charge in [0.1, 0.15) is 5.75 Å². The lowest BCUT2D eigenvalue weighted by atomic mass is 9.99. The number of pyridine rings is 1. The van der Waals surface area contributed by atoms with E-state index in [0.29, 0.717) is 17.0 Å². The van der Waals surface area contributed by atoms with Gasteiger partial charge in [-0.1, -0.05) is 18.2 Å². The van der Waals surface area contributed by atoms with E-state index in [1.54, 1.807) is 37.4 Å². The molecule has 4 rings (SSSR count). The number of fused-ring (bicyclic) bond motifs is 1. The summed E-state index contributed by atoms with van der Waals surface area (Å²) in [7, 11) is 0. The predicted octanol–water partition coefficient (Wildman–Crippen LogP) is 5.12. The lowest BCUT2D eigenvalue weighted by Crippen LogP contribution is -2.15. The molecular weight excluding hydrogens is 435 g/mol. The summed E-state index contributed by atoms with van der Waals surface area (Å²) in [5.41, 5.74) is 2.40. The van der Waals surface area contributed by atoms with Crippen molar-refractivity contribution in [3.05, 3.63) is 71.5 Å². The average Bonchev–Trinajstić information content (AvgIpc) is 2.96. The van der Waals surface area contributed by atoms with E-state index in [1.807, 2.05) is 12.1 Å². The van der Waals surface area contributed by atoms with E-state index in [-0.39, 0.29) is 36.8 Å². The lowest BCUT2D eigenvalue weighted by molar-refractivity contribution is -0.138. The molecule has 2 aromatic carbocycles. The first-order chi connectivity index (χ1) is 15.8. The van der Waals surface area contributed by atoms with Crippen molar-refractivity contribution >= 4 is 23.0 Å². The summed E-state index contributed by atoms with van der Waals surface area (Å²) in [4.78, 5) is 21.1. The Morgan fingerprint density at radius 2 is 1.85 bits per heavy atom. The van der Waals surface area contributed by atoms with E-state index in [1.165, 1.54) is 6.07 Å². The van der Waals surface area contributed by atoms with Crippen LogP contribution in [0.4, 0.5) is 24.5 Å². The molecule has 0 radical (unpaired) electrons. The van der Waals surface area contributed by atoms with Gasteiger partial charge in [0.05, 0.1) is 48.0 Å². The number of aromatic nitrogens is 1. The maximum Gasteiger partial charge on any atom is 0.420 e. The van der Waals surface area contributed by atoms with Gasteiger partial charge in [-0.2, -0.15) is 13.2 Å². The summed E-state index contributed by atoms with van der Waals surface area (Å²) >= 11 is 0. The van der Waals surface area contributed by atoms with E-state index in [0.717, 1.165) is 17.2 Å². The Morgan fingerprint density at radius 3 is 2.58 bits per heavy atom. The number of anilines is 1. The molecule has 2 N–H and O–H groups in total. The average molecular weight is 455 g/mol. The number of hydrogen-bond donors (Lipinski definition) is 2. The van der Waals surface area contributed by atoms with Gasteiger partial charge in [0, 0.05) is 12.3 Å². The van der Waals surface area contributed by atoms with Gasteiger partial charge in [-0.25, -0.2) is 4.99 Å². The van der Waals surface area contributed by atoms with Crippen LogP contribution in [0.15, 0.2) is 59.7 Å². The number of aliphatic hydroxyl groups excluding tert-OH is 1. The van der Waals surface area contributed by atoms with Gasteiger partial charge in [-0.3, -0.25) is 9.78 Å². The third kappa shape index (κ3) is 4.88. The summed E-state index contributed by atoms with van der Waals surface area (Å²) in [6, 6.07) is 12.9. The SMILES string of the molecule is CCOc1cc2c(cc1C(F)(F)F)NC(=O)CC(c1cccc(-c3ccnc(CO)c3)c1)=N2. The number of rotatable bonds is 5. The summed E-state index contributed by atoms with van der Waals surface area (Å²) in [5.74, 6) is -0.813. The van der Waals surface area contributed by atoms with Crippen molar-refractivity contribution in [3.8, 4) is 16.9 Å². The molecular formula is C24H20F3N3O3. The number of hydrogen-bond acceptors (Lipinski definition) is 5. The Labute approximate surface area is 187 Å². The molecule has 3 aromatic rings. The number of amides is 1. The van der Waals surface area contributed by atoms with Crippen molar-refractivity contribution in [2.24, 2.45) is 4.99 Å². The first-order valence-electron chi connectivity index (χ1n) is 10.2. The van der Waals surface area contributed by atoms with Crippen LogP contribution in [0.5, 0.6) is 5.75 Å². The lowest BCUT2D eigenvalue weighted by Gasteiger charge is -2.16. The van der Waals surface area contributed by atoms with Crippen LogP contribution in [-0.2, 0) is 17.6 Å². The molecule has 0 fully saturated rings. The molecule has 6 nitrogen and oxygen atoms in total. The molecule has 0 bridgehead atoms. The Hall–Kier alpha value is -3.72. The van der Waals surface area contributed by atoms with Gasteiger partial charge in [0.2, 0.25) is 5.91 Å². The van der Waals surface area contributed by atoms with Crippen molar-refractivity contribution in [2.75, 3.05) is 11.9 Å². The highest BCUT2D eigenvalue weighted by molar-refractivity contribution is 6.17. The maximum atomic E-state index is 13.5. The molecule has 170 valence electrons. The van der Waals surface area contributed by atoms with Gasteiger partial charge in [-0.15, -0.1) is 0 Å². The van der Waals surface area contributed by atoms with Crippen molar-refractivity contribution in [1.82, 2.24) is 4.98 Å². The molecule has 0 aliphatic carbocycles. The second-order valence-corrected chi connectivity index (χ2v) is 7.35. The highest BCUT2D eigenvalue weighted by Gasteiger charge is 2.36. The van der Waals surface area contributed by atoms with Crippen LogP contribution in [0.2, 0.25) is 0 Å². The molecule has 1 aromatic heterocycles. The van der Waals surface area contributed by atoms with Crippen LogP contribution in [0.1, 0.15) is 30.2 Å². The Kier molecular flexibility index (Phi) is 6.15. The maximum absolute atomic E-state index is 13.5. The fraction of sp³-hybridized carbons (Fsp3) is 0.208. The van der Waals surface area contributed by atoms with Gasteiger partial charge in [0.15, 0.2) is 0 Å². The van der Waals surface area contributed by atoms with Crippen molar-refractivity contribution in [3.63, 3.8) is 0 Å². The number of alkyl halides is 3. The first-order valence-corrected chi connectivity index (χ1v) is 10.2. The van der Waals surface area contributed by atoms with Crippen LogP contribution in [0.25, 0.3) is 11.1 Å². The van der Waals surface area contributed by atoms with Gasteiger partial charge >= 0.3 is 6.18 Å². The van der Waals surface area contributed by atoms with Crippen molar-refractivity contribution < 1.29 is 27.8 Å². The second-order valence-electron chi connectivity index (χ2n) is 7.35. The fourth-order valence-corrected chi connectivity index (χ4v) is 3.58. The minimum atomic E-state index is -4.64. The number of benzene rings is 2. The zero-order valence-electron chi connectivity index (χ0n) is 17.6. The number of carbonyl (C=O) groups is 1. The molecule has 9 heteroatoms. The zero-order chi connectivity index (χ0) is 23.6. The van der Waals surface area contributed by atoms with Crippen molar-refractivity contribution in [2.45, 2.75) is 26.1 Å². The summed E-state index contributed by atoms with van der Waals surface area (Å²) < 4.78 is 45.7. The van der Waals surface area contributed by atoms with Crippen LogP contribution in [-0.4, -0.2) is 28.3 Å². The molecule has 0 unspecified atom stereocenters. The van der Waals surface area contributed by atoms with Crippen LogP contribution in [0, 0.1) is 0 Å². The van der Waals surface area contributed by atoms with Gasteiger partial charge in [-0.05, 0) is 47.9 Å². The third-order valence-electron chi connectivity index (χ3n) is 5.07. The van der Waals surface area contributed by atoms with Crippen LogP contribution < -0.4 is 10.1 Å². The van der Waals surface area contributed by atoms with E-state index in [4.69, 9.17) is 4.74 Å². The first kappa shape index (κ1) is 22.5. The number of ether oxygens (including phenoxy) is 1. The molecule has 0 spiro atoms. The smallest absolute Gasteiger partial charge is 0.420 e. The highest BCUT2D eigenvalue weighted by Crippen LogP contribution is 2.43. The minimum absolute atomic E-state index is 0.0244. The largest absolute Gasteiger partial charge is 0.493 e. The highest BCUT2D eigenvalue weighted by atomic mass is 19.4. The van der Waals surface area contributed by atoms with Crippen molar-refractivity contribution in [1.29, 1.82) is 0 Å². The number of nitrogens with zero attached hydrogens (tertiary/aromatic N) is 2. The Balaban J connectivity index is 1.80. The van der Waals surface area contributed by atoms with E-state index >= 15 is 0 Å². The molecule has 0 saturated heterocycles. The standard InChI is InChI=1S/C24H20F3N3O3/c1-2-33-22-11-21-20(10-18(22)24(25,26)27)30-23(32)12-19(29-21)16-5-3-4-14(8-16)15-6-7-28-17(9-15)13-31/h3-11,31H,2,12-13H2,1H3,(H,30,32). The Bertz CT molecular complexity index is 1240. The van der Waals surface area contributed by atoms with E-state index < -0.39 is 17.6 Å². The van der Waals surface area contributed by atoms with Gasteiger partial charge < -0.3 is 15.2 Å². The number of halogens is 3. The van der Waals surface area contributed by atoms with E-state index in [2.05, 4.69) is 15.3 Å². The number of aliphatic hydroxyl groups is 1. The van der Waals surface area contributed by atoms with Crippen LogP contribution in [0.3, 0.4) is 0 Å². The monoisotopic (exact) mass is 455 g/mol. The topological polar surface area (TPSA) is 83.8 Å². The van der Waals surface area contributed by atoms with Crippen LogP contribution >= 0.6 is 0 Å². The zero-order valence-corrected chi connectivity index (χ0v) is 17.6. The molecule has 0 saturated carbocycles. The van der Waals surface area contributed by atoms with E-state index in [9.17, 15) is 23.1 Å². The molecule has 33 heavy (non-hydrogen) atoms. The quantitative estimate of drug-likeness (QED) is 0.559. The summed E-state index contributed by atoms with van der Waals surface area (Å²) in [6.07, 6.45) is -3.16. The Morgan fingerprint density at radius 1 is 1.09 bits per heavy atom. The number of nitrogens with one attached hydrogen (secondary N) is 1. The second kappa shape index (κ2) is 9.03. The van der Waals surface area contributed by atoms with Gasteiger partial charge in [0.25, 0.3) is 0 Å². The summed E-state index contributed by atoms with van der Waals surface area (Å²) in [6.45, 7) is 1.45. The normalized spacial score (nSPS) is 13.6. The minimum Gasteiger partial charge on any atom is -0.493 e. The third-order valence-corrected chi connectivity index (χ3v) is 5.07. The predicted molar refractivity (Wildman–Crippen MR) is 118 cm³/mol. The number of carbonyl (C=O) groups excluding carboxylic acids is 1. The molecule has 1 aliphatic rings. The molecule has 2 heterocycles. The fourth-order valence-electron chi connectivity index (χ4n) is 3.58. The number of aliphatic imine (C=N–C) groups is 1.